The zero-order chi connectivity index (χ0) is 14.5. The number of hydrogen-bond donors (Lipinski definition) is 1. The Morgan fingerprint density at radius 1 is 1.10 bits per heavy atom. The van der Waals surface area contributed by atoms with E-state index in [0.717, 1.165) is 15.6 Å². The second kappa shape index (κ2) is 6.11. The number of hydrogen-bond acceptors (Lipinski definition) is 6. The van der Waals surface area contributed by atoms with E-state index in [4.69, 9.17) is 5.26 Å². The number of rotatable bonds is 4. The van der Waals surface area contributed by atoms with Gasteiger partial charge in [-0.05, 0) is 12.1 Å². The average molecular weight is 293 g/mol. The molecule has 0 amide bonds. The minimum absolute atomic E-state index is 0.496. The van der Waals surface area contributed by atoms with Crippen molar-refractivity contribution in [3.8, 4) is 16.6 Å². The Bertz CT molecular complexity index is 776. The molecule has 0 unspecified atom stereocenters. The lowest BCUT2D eigenvalue weighted by Crippen LogP contribution is -2.02. The molecule has 0 radical (unpaired) electrons. The van der Waals surface area contributed by atoms with Gasteiger partial charge in [0.25, 0.3) is 0 Å². The maximum absolute atomic E-state index is 9.01. The van der Waals surface area contributed by atoms with E-state index in [-0.39, 0.29) is 0 Å². The molecule has 0 bridgehead atoms. The van der Waals surface area contributed by atoms with E-state index in [1.165, 1.54) is 11.3 Å². The highest BCUT2D eigenvalue weighted by Crippen LogP contribution is 2.23. The standard InChI is InChI=1S/C15H11N5S/c16-9-12-7-4-8-17-14(12)18-10-13-19-20-15(21-13)11-5-2-1-3-6-11/h1-8H,10H2,(H,17,18). The first-order valence-electron chi connectivity index (χ1n) is 6.33. The van der Waals surface area contributed by atoms with E-state index < -0.39 is 0 Å². The molecule has 0 saturated carbocycles. The van der Waals surface area contributed by atoms with E-state index in [1.54, 1.807) is 18.3 Å². The number of nitrogens with one attached hydrogen (secondary N) is 1. The van der Waals surface area contributed by atoms with Gasteiger partial charge in [0.05, 0.1) is 12.1 Å². The second-order valence-electron chi connectivity index (χ2n) is 4.23. The van der Waals surface area contributed by atoms with Crippen LogP contribution in [0.25, 0.3) is 10.6 Å². The first-order chi connectivity index (χ1) is 10.4. The van der Waals surface area contributed by atoms with Crippen molar-refractivity contribution in [2.75, 3.05) is 5.32 Å². The molecular formula is C15H11N5S. The quantitative estimate of drug-likeness (QED) is 0.800. The highest BCUT2D eigenvalue weighted by Gasteiger charge is 2.07. The third-order valence-corrected chi connectivity index (χ3v) is 3.80. The van der Waals surface area contributed by atoms with Crippen molar-refractivity contribution in [3.63, 3.8) is 0 Å². The number of aromatic nitrogens is 3. The molecule has 3 rings (SSSR count). The van der Waals surface area contributed by atoms with Gasteiger partial charge in [-0.1, -0.05) is 41.7 Å². The van der Waals surface area contributed by atoms with Crippen LogP contribution in [0.1, 0.15) is 10.6 Å². The largest absolute Gasteiger partial charge is 0.362 e. The minimum Gasteiger partial charge on any atom is -0.362 e. The maximum atomic E-state index is 9.01. The summed E-state index contributed by atoms with van der Waals surface area (Å²) in [6.45, 7) is 0.496. The van der Waals surface area contributed by atoms with Gasteiger partial charge in [-0.15, -0.1) is 10.2 Å². The molecule has 0 atom stereocenters. The van der Waals surface area contributed by atoms with Gasteiger partial charge < -0.3 is 5.32 Å². The number of anilines is 1. The van der Waals surface area contributed by atoms with Crippen molar-refractivity contribution in [1.82, 2.24) is 15.2 Å². The van der Waals surface area contributed by atoms with Crippen LogP contribution in [0.4, 0.5) is 5.82 Å². The molecule has 1 N–H and O–H groups in total. The fourth-order valence-electron chi connectivity index (χ4n) is 1.82. The zero-order valence-corrected chi connectivity index (χ0v) is 11.8. The Morgan fingerprint density at radius 2 is 1.95 bits per heavy atom. The van der Waals surface area contributed by atoms with E-state index >= 15 is 0 Å². The third kappa shape index (κ3) is 3.04. The van der Waals surface area contributed by atoms with E-state index in [2.05, 4.69) is 26.6 Å². The van der Waals surface area contributed by atoms with Crippen molar-refractivity contribution in [3.05, 3.63) is 59.2 Å². The number of nitriles is 1. The fourth-order valence-corrected chi connectivity index (χ4v) is 2.60. The molecule has 0 spiro atoms. The first kappa shape index (κ1) is 13.2. The summed E-state index contributed by atoms with van der Waals surface area (Å²) in [6, 6.07) is 15.5. The van der Waals surface area contributed by atoms with Crippen molar-refractivity contribution in [2.45, 2.75) is 6.54 Å². The van der Waals surface area contributed by atoms with E-state index in [0.29, 0.717) is 17.9 Å². The van der Waals surface area contributed by atoms with Crippen LogP contribution in [0.5, 0.6) is 0 Å². The Morgan fingerprint density at radius 3 is 2.76 bits per heavy atom. The molecule has 0 aliphatic heterocycles. The van der Waals surface area contributed by atoms with Crippen LogP contribution >= 0.6 is 11.3 Å². The molecule has 0 aliphatic rings. The molecule has 2 aromatic heterocycles. The molecule has 21 heavy (non-hydrogen) atoms. The summed E-state index contributed by atoms with van der Waals surface area (Å²) in [4.78, 5) is 4.15. The zero-order valence-electron chi connectivity index (χ0n) is 11.0. The van der Waals surface area contributed by atoms with Gasteiger partial charge in [-0.2, -0.15) is 5.26 Å². The lowest BCUT2D eigenvalue weighted by Gasteiger charge is -2.03. The van der Waals surface area contributed by atoms with Crippen molar-refractivity contribution in [2.24, 2.45) is 0 Å². The van der Waals surface area contributed by atoms with Gasteiger partial charge in [-0.3, -0.25) is 0 Å². The molecule has 2 heterocycles. The van der Waals surface area contributed by atoms with Gasteiger partial charge in [0.15, 0.2) is 0 Å². The summed E-state index contributed by atoms with van der Waals surface area (Å²) < 4.78 is 0. The van der Waals surface area contributed by atoms with Crippen LogP contribution in [0, 0.1) is 11.3 Å². The average Bonchev–Trinajstić information content (AvgIpc) is 3.03. The predicted octanol–water partition coefficient (Wildman–Crippen LogP) is 3.08. The molecule has 0 aliphatic carbocycles. The summed E-state index contributed by atoms with van der Waals surface area (Å²) in [5.41, 5.74) is 1.57. The van der Waals surface area contributed by atoms with Crippen LogP contribution < -0.4 is 5.32 Å². The summed E-state index contributed by atoms with van der Waals surface area (Å²) >= 11 is 1.52. The lowest BCUT2D eigenvalue weighted by molar-refractivity contribution is 0.984. The topological polar surface area (TPSA) is 74.5 Å². The highest BCUT2D eigenvalue weighted by molar-refractivity contribution is 7.14. The van der Waals surface area contributed by atoms with Crippen molar-refractivity contribution < 1.29 is 0 Å². The normalized spacial score (nSPS) is 10.0. The molecular weight excluding hydrogens is 282 g/mol. The van der Waals surface area contributed by atoms with E-state index in [9.17, 15) is 0 Å². The molecule has 6 heteroatoms. The summed E-state index contributed by atoms with van der Waals surface area (Å²) in [7, 11) is 0. The molecule has 3 aromatic rings. The second-order valence-corrected chi connectivity index (χ2v) is 5.29. The summed E-state index contributed by atoms with van der Waals surface area (Å²) in [6.07, 6.45) is 1.65. The highest BCUT2D eigenvalue weighted by atomic mass is 32.1. The Hall–Kier alpha value is -2.78. The molecule has 0 saturated heterocycles. The van der Waals surface area contributed by atoms with Gasteiger partial charge >= 0.3 is 0 Å². The fraction of sp³-hybridized carbons (Fsp3) is 0.0667. The van der Waals surface area contributed by atoms with Crippen molar-refractivity contribution >= 4 is 17.2 Å². The Balaban J connectivity index is 1.72. The SMILES string of the molecule is N#Cc1cccnc1NCc1nnc(-c2ccccc2)s1. The smallest absolute Gasteiger partial charge is 0.147 e. The van der Waals surface area contributed by atoms with Crippen LogP contribution in [-0.2, 0) is 6.54 Å². The Kier molecular flexibility index (Phi) is 3.85. The predicted molar refractivity (Wildman–Crippen MR) is 81.6 cm³/mol. The number of benzene rings is 1. The first-order valence-corrected chi connectivity index (χ1v) is 7.15. The number of pyridine rings is 1. The molecule has 102 valence electrons. The van der Waals surface area contributed by atoms with Gasteiger partial charge in [-0.25, -0.2) is 4.98 Å². The van der Waals surface area contributed by atoms with E-state index in [1.807, 2.05) is 30.3 Å². The number of nitrogens with zero attached hydrogens (tertiary/aromatic N) is 4. The van der Waals surface area contributed by atoms with Gasteiger partial charge in [0, 0.05) is 11.8 Å². The van der Waals surface area contributed by atoms with Crippen LogP contribution in [0.2, 0.25) is 0 Å². The van der Waals surface area contributed by atoms with Crippen LogP contribution in [0.3, 0.4) is 0 Å². The summed E-state index contributed by atoms with van der Waals surface area (Å²) in [5.74, 6) is 0.566. The lowest BCUT2D eigenvalue weighted by atomic mass is 10.2. The van der Waals surface area contributed by atoms with Gasteiger partial charge in [0.1, 0.15) is 21.9 Å². The molecule has 1 aromatic carbocycles. The minimum atomic E-state index is 0.496. The third-order valence-electron chi connectivity index (χ3n) is 2.82. The molecule has 0 fully saturated rings. The summed E-state index contributed by atoms with van der Waals surface area (Å²) in [5, 5.41) is 22.2. The van der Waals surface area contributed by atoms with Crippen LogP contribution in [-0.4, -0.2) is 15.2 Å². The Labute approximate surface area is 125 Å². The molecule has 5 nitrogen and oxygen atoms in total. The maximum Gasteiger partial charge on any atom is 0.147 e. The monoisotopic (exact) mass is 293 g/mol. The van der Waals surface area contributed by atoms with Crippen LogP contribution in [0.15, 0.2) is 48.7 Å². The van der Waals surface area contributed by atoms with Gasteiger partial charge in [0.2, 0.25) is 0 Å². The van der Waals surface area contributed by atoms with Crippen molar-refractivity contribution in [1.29, 1.82) is 5.26 Å².